The van der Waals surface area contributed by atoms with Crippen LogP contribution >= 0.6 is 11.6 Å². The molecule has 0 aliphatic carbocycles. The van der Waals surface area contributed by atoms with Crippen molar-refractivity contribution in [2.24, 2.45) is 5.92 Å². The van der Waals surface area contributed by atoms with E-state index in [-0.39, 0.29) is 31.1 Å². The minimum absolute atomic E-state index is 0.0449. The van der Waals surface area contributed by atoms with Gasteiger partial charge in [-0.2, -0.15) is 0 Å². The fourth-order valence-corrected chi connectivity index (χ4v) is 2.01. The molecule has 0 aliphatic rings. The quantitative estimate of drug-likeness (QED) is 0.813. The van der Waals surface area contributed by atoms with Gasteiger partial charge in [0, 0.05) is 23.2 Å². The molecule has 4 nitrogen and oxygen atoms in total. The van der Waals surface area contributed by atoms with Crippen molar-refractivity contribution in [3.63, 3.8) is 0 Å². The van der Waals surface area contributed by atoms with Gasteiger partial charge in [0.15, 0.2) is 6.61 Å². The van der Waals surface area contributed by atoms with Gasteiger partial charge in [-0.1, -0.05) is 31.5 Å². The molecule has 0 fully saturated rings. The van der Waals surface area contributed by atoms with Gasteiger partial charge < -0.3 is 15.2 Å². The van der Waals surface area contributed by atoms with E-state index in [9.17, 15) is 4.79 Å². The molecule has 1 amide bonds. The second-order valence-corrected chi connectivity index (χ2v) is 5.49. The van der Waals surface area contributed by atoms with Crippen molar-refractivity contribution in [3.05, 3.63) is 28.8 Å². The highest BCUT2D eigenvalue weighted by molar-refractivity contribution is 6.31. The van der Waals surface area contributed by atoms with Crippen LogP contribution in [0.3, 0.4) is 0 Å². The number of carbonyl (C=O) groups is 1. The molecule has 0 spiro atoms. The summed E-state index contributed by atoms with van der Waals surface area (Å²) in [5.74, 6) is 0.673. The number of nitrogens with one attached hydrogen (secondary N) is 1. The zero-order chi connectivity index (χ0) is 15.1. The van der Waals surface area contributed by atoms with Crippen LogP contribution in [0.4, 0.5) is 0 Å². The first-order valence-electron chi connectivity index (χ1n) is 6.73. The molecule has 1 unspecified atom stereocenters. The van der Waals surface area contributed by atoms with Crippen LogP contribution in [0.2, 0.25) is 5.02 Å². The number of amides is 1. The lowest BCUT2D eigenvalue weighted by atomic mass is 10.0. The molecule has 0 saturated carbocycles. The lowest BCUT2D eigenvalue weighted by molar-refractivity contribution is -0.124. The number of hydrogen-bond donors (Lipinski definition) is 2. The second-order valence-electron chi connectivity index (χ2n) is 5.08. The van der Waals surface area contributed by atoms with Crippen molar-refractivity contribution >= 4 is 17.5 Å². The van der Waals surface area contributed by atoms with Crippen LogP contribution in [-0.4, -0.2) is 30.3 Å². The van der Waals surface area contributed by atoms with Crippen LogP contribution in [-0.2, 0) is 4.79 Å². The minimum Gasteiger partial charge on any atom is -0.483 e. The fourth-order valence-electron chi connectivity index (χ4n) is 1.85. The van der Waals surface area contributed by atoms with Gasteiger partial charge in [-0.3, -0.25) is 4.79 Å². The molecule has 0 radical (unpaired) electrons. The molecular formula is C15H22ClNO3. The lowest BCUT2D eigenvalue weighted by Gasteiger charge is -2.21. The second kappa shape index (κ2) is 8.12. The SMILES string of the molecule is Cc1c(Cl)cccc1OCC(=O)NC(CCO)C(C)C. The van der Waals surface area contributed by atoms with Crippen molar-refractivity contribution in [3.8, 4) is 5.75 Å². The highest BCUT2D eigenvalue weighted by Gasteiger charge is 2.16. The molecule has 1 aromatic rings. The number of ether oxygens (including phenoxy) is 1. The maximum atomic E-state index is 11.9. The summed E-state index contributed by atoms with van der Waals surface area (Å²) in [6.07, 6.45) is 0.541. The topological polar surface area (TPSA) is 58.6 Å². The molecule has 0 aromatic heterocycles. The molecule has 112 valence electrons. The van der Waals surface area contributed by atoms with E-state index in [2.05, 4.69) is 5.32 Å². The summed E-state index contributed by atoms with van der Waals surface area (Å²) in [7, 11) is 0. The summed E-state index contributed by atoms with van der Waals surface area (Å²) >= 11 is 5.99. The van der Waals surface area contributed by atoms with Gasteiger partial charge in [-0.05, 0) is 31.4 Å². The predicted molar refractivity (Wildman–Crippen MR) is 80.2 cm³/mol. The predicted octanol–water partition coefficient (Wildman–Crippen LogP) is 2.55. The summed E-state index contributed by atoms with van der Waals surface area (Å²) in [5.41, 5.74) is 0.817. The van der Waals surface area contributed by atoms with Crippen LogP contribution in [0, 0.1) is 12.8 Å². The molecule has 0 bridgehead atoms. The number of halogens is 1. The molecule has 5 heteroatoms. The third-order valence-electron chi connectivity index (χ3n) is 3.17. The molecule has 0 saturated heterocycles. The highest BCUT2D eigenvalue weighted by atomic mass is 35.5. The van der Waals surface area contributed by atoms with Crippen molar-refractivity contribution in [2.45, 2.75) is 33.2 Å². The maximum absolute atomic E-state index is 11.9. The Morgan fingerprint density at radius 1 is 1.45 bits per heavy atom. The Morgan fingerprint density at radius 2 is 2.15 bits per heavy atom. The first-order valence-corrected chi connectivity index (χ1v) is 7.11. The number of aliphatic hydroxyl groups is 1. The fraction of sp³-hybridized carbons (Fsp3) is 0.533. The number of benzene rings is 1. The Morgan fingerprint density at radius 3 is 2.75 bits per heavy atom. The summed E-state index contributed by atoms with van der Waals surface area (Å²) in [5, 5.41) is 12.5. The van der Waals surface area contributed by atoms with Crippen molar-refractivity contribution in [1.82, 2.24) is 5.32 Å². The van der Waals surface area contributed by atoms with Gasteiger partial charge in [0.2, 0.25) is 0 Å². The van der Waals surface area contributed by atoms with Crippen LogP contribution in [0.1, 0.15) is 25.8 Å². The summed E-state index contributed by atoms with van der Waals surface area (Å²) in [6.45, 7) is 5.84. The van der Waals surface area contributed by atoms with E-state index in [0.717, 1.165) is 5.56 Å². The number of rotatable bonds is 7. The number of carbonyl (C=O) groups excluding carboxylic acids is 1. The Labute approximate surface area is 125 Å². The maximum Gasteiger partial charge on any atom is 0.258 e. The van der Waals surface area contributed by atoms with Gasteiger partial charge in [0.1, 0.15) is 5.75 Å². The van der Waals surface area contributed by atoms with Crippen molar-refractivity contribution in [2.75, 3.05) is 13.2 Å². The van der Waals surface area contributed by atoms with Gasteiger partial charge in [-0.25, -0.2) is 0 Å². The lowest BCUT2D eigenvalue weighted by Crippen LogP contribution is -2.41. The third kappa shape index (κ3) is 5.02. The average molecular weight is 300 g/mol. The van der Waals surface area contributed by atoms with Crippen molar-refractivity contribution < 1.29 is 14.6 Å². The Kier molecular flexibility index (Phi) is 6.82. The van der Waals surface area contributed by atoms with Gasteiger partial charge in [-0.15, -0.1) is 0 Å². The van der Waals surface area contributed by atoms with E-state index >= 15 is 0 Å². The van der Waals surface area contributed by atoms with E-state index in [1.807, 2.05) is 20.8 Å². The van der Waals surface area contributed by atoms with Crippen LogP contribution in [0.5, 0.6) is 5.75 Å². The van der Waals surface area contributed by atoms with Gasteiger partial charge in [0.25, 0.3) is 5.91 Å². The Balaban J connectivity index is 2.52. The average Bonchev–Trinajstić information content (AvgIpc) is 2.40. The molecule has 1 rings (SSSR count). The zero-order valence-electron chi connectivity index (χ0n) is 12.1. The molecule has 0 aliphatic heterocycles. The van der Waals surface area contributed by atoms with E-state index < -0.39 is 0 Å². The molecule has 0 heterocycles. The van der Waals surface area contributed by atoms with Crippen LogP contribution in [0.25, 0.3) is 0 Å². The van der Waals surface area contributed by atoms with Gasteiger partial charge >= 0.3 is 0 Å². The van der Waals surface area contributed by atoms with E-state index in [4.69, 9.17) is 21.4 Å². The molecular weight excluding hydrogens is 278 g/mol. The van der Waals surface area contributed by atoms with Crippen LogP contribution < -0.4 is 10.1 Å². The molecule has 2 N–H and O–H groups in total. The summed E-state index contributed by atoms with van der Waals surface area (Å²) in [6, 6.07) is 5.30. The third-order valence-corrected chi connectivity index (χ3v) is 3.58. The van der Waals surface area contributed by atoms with Crippen molar-refractivity contribution in [1.29, 1.82) is 0 Å². The minimum atomic E-state index is -0.198. The zero-order valence-corrected chi connectivity index (χ0v) is 12.9. The number of hydrogen-bond acceptors (Lipinski definition) is 3. The highest BCUT2D eigenvalue weighted by Crippen LogP contribution is 2.24. The molecule has 1 atom stereocenters. The molecule has 1 aromatic carbocycles. The summed E-state index contributed by atoms with van der Waals surface area (Å²) < 4.78 is 5.48. The van der Waals surface area contributed by atoms with Crippen LogP contribution in [0.15, 0.2) is 18.2 Å². The Hall–Kier alpha value is -1.26. The summed E-state index contributed by atoms with van der Waals surface area (Å²) in [4.78, 5) is 11.9. The number of aliphatic hydroxyl groups excluding tert-OH is 1. The Bertz CT molecular complexity index is 449. The van der Waals surface area contributed by atoms with E-state index in [0.29, 0.717) is 17.2 Å². The first kappa shape index (κ1) is 16.8. The van der Waals surface area contributed by atoms with Gasteiger partial charge in [0.05, 0.1) is 0 Å². The smallest absolute Gasteiger partial charge is 0.258 e. The van der Waals surface area contributed by atoms with E-state index in [1.54, 1.807) is 18.2 Å². The standard InChI is InChI=1S/C15H22ClNO3/c1-10(2)13(7-8-18)17-15(19)9-20-14-6-4-5-12(16)11(14)3/h4-6,10,13,18H,7-9H2,1-3H3,(H,17,19). The normalized spacial score (nSPS) is 12.3. The largest absolute Gasteiger partial charge is 0.483 e. The van der Waals surface area contributed by atoms with E-state index in [1.165, 1.54) is 0 Å². The monoisotopic (exact) mass is 299 g/mol. The first-order chi connectivity index (χ1) is 9.45. The molecule has 20 heavy (non-hydrogen) atoms.